The number of alkyl halides is 3. The van der Waals surface area contributed by atoms with Gasteiger partial charge in [-0.3, -0.25) is 4.79 Å². The first kappa shape index (κ1) is 17.2. The van der Waals surface area contributed by atoms with Crippen molar-refractivity contribution in [2.24, 2.45) is 0 Å². The Morgan fingerprint density at radius 3 is 2.48 bits per heavy atom. The third-order valence-electron chi connectivity index (χ3n) is 3.36. The first-order valence-corrected chi connectivity index (χ1v) is 7.33. The summed E-state index contributed by atoms with van der Waals surface area (Å²) >= 11 is 5.90. The molecule has 130 valence electrons. The quantitative estimate of drug-likeness (QED) is 0.630. The fourth-order valence-corrected chi connectivity index (χ4v) is 2.37. The van der Waals surface area contributed by atoms with Crippen LogP contribution in [0.25, 0.3) is 11.0 Å². The number of fused-ring (bicyclic) bond motifs is 1. The molecule has 4 nitrogen and oxygen atoms in total. The molecule has 0 aliphatic carbocycles. The lowest BCUT2D eigenvalue weighted by atomic mass is 10.2. The van der Waals surface area contributed by atoms with E-state index < -0.39 is 23.1 Å². The zero-order valence-electron chi connectivity index (χ0n) is 12.7. The first-order chi connectivity index (χ1) is 11.8. The second-order valence-corrected chi connectivity index (χ2v) is 5.39. The largest absolute Gasteiger partial charge is 0.497 e. The van der Waals surface area contributed by atoms with Gasteiger partial charge in [0.05, 0.1) is 17.5 Å². The molecule has 0 N–H and O–H groups in total. The maximum atomic E-state index is 13.4. The molecule has 0 atom stereocenters. The van der Waals surface area contributed by atoms with E-state index in [0.29, 0.717) is 0 Å². The van der Waals surface area contributed by atoms with E-state index in [4.69, 9.17) is 25.5 Å². The number of benzene rings is 2. The Morgan fingerprint density at radius 2 is 1.84 bits per heavy atom. The number of methoxy groups -OCH3 is 1. The van der Waals surface area contributed by atoms with E-state index in [9.17, 15) is 18.0 Å². The fraction of sp³-hybridized carbons (Fsp3) is 0.118. The summed E-state index contributed by atoms with van der Waals surface area (Å²) in [7, 11) is 1.35. The Bertz CT molecular complexity index is 995. The van der Waals surface area contributed by atoms with Crippen LogP contribution in [0.5, 0.6) is 17.2 Å². The van der Waals surface area contributed by atoms with Crippen molar-refractivity contribution in [3.05, 3.63) is 63.5 Å². The summed E-state index contributed by atoms with van der Waals surface area (Å²) in [5, 5.41) is -0.0132. The standard InChI is InChI=1S/C17H10ClF3O4/c1-23-9-6-7-10-13(8-9)25-16(17(19,20)21)15(14(10)22)24-12-5-3-2-4-11(12)18/h2-8H,1H3. The third kappa shape index (κ3) is 3.28. The lowest BCUT2D eigenvalue weighted by molar-refractivity contribution is -0.154. The van der Waals surface area contributed by atoms with Crippen LogP contribution in [-0.2, 0) is 6.18 Å². The number of rotatable bonds is 3. The molecule has 2 aromatic carbocycles. The molecule has 0 aliphatic rings. The van der Waals surface area contributed by atoms with Crippen LogP contribution in [0.2, 0.25) is 5.02 Å². The van der Waals surface area contributed by atoms with Crippen molar-refractivity contribution in [2.45, 2.75) is 6.18 Å². The maximum absolute atomic E-state index is 13.4. The molecule has 0 amide bonds. The van der Waals surface area contributed by atoms with Gasteiger partial charge >= 0.3 is 6.18 Å². The van der Waals surface area contributed by atoms with Gasteiger partial charge < -0.3 is 13.9 Å². The Labute approximate surface area is 144 Å². The molecule has 0 fully saturated rings. The molecule has 1 aromatic heterocycles. The predicted octanol–water partition coefficient (Wildman–Crippen LogP) is 5.27. The molecule has 3 aromatic rings. The molecule has 8 heteroatoms. The molecule has 0 spiro atoms. The highest BCUT2D eigenvalue weighted by molar-refractivity contribution is 6.32. The van der Waals surface area contributed by atoms with Gasteiger partial charge in [-0.05, 0) is 24.3 Å². The number of hydrogen-bond donors (Lipinski definition) is 0. The van der Waals surface area contributed by atoms with Gasteiger partial charge in [-0.15, -0.1) is 0 Å². The minimum Gasteiger partial charge on any atom is -0.497 e. The van der Waals surface area contributed by atoms with Gasteiger partial charge in [0.15, 0.2) is 0 Å². The van der Waals surface area contributed by atoms with Gasteiger partial charge in [0.2, 0.25) is 11.2 Å². The van der Waals surface area contributed by atoms with Gasteiger partial charge in [-0.25, -0.2) is 0 Å². The average Bonchev–Trinajstić information content (AvgIpc) is 2.57. The van der Waals surface area contributed by atoms with Gasteiger partial charge in [-0.1, -0.05) is 23.7 Å². The van der Waals surface area contributed by atoms with Crippen molar-refractivity contribution in [2.75, 3.05) is 7.11 Å². The van der Waals surface area contributed by atoms with Gasteiger partial charge in [0.25, 0.3) is 5.76 Å². The topological polar surface area (TPSA) is 48.7 Å². The molecular weight excluding hydrogens is 361 g/mol. The van der Waals surface area contributed by atoms with Crippen molar-refractivity contribution < 1.29 is 27.1 Å². The summed E-state index contributed by atoms with van der Waals surface area (Å²) in [5.74, 6) is -2.35. The summed E-state index contributed by atoms with van der Waals surface area (Å²) < 4.78 is 55.1. The van der Waals surface area contributed by atoms with Crippen molar-refractivity contribution >= 4 is 22.6 Å². The van der Waals surface area contributed by atoms with Crippen LogP contribution in [-0.4, -0.2) is 7.11 Å². The number of hydrogen-bond acceptors (Lipinski definition) is 4. The molecule has 0 bridgehead atoms. The monoisotopic (exact) mass is 370 g/mol. The van der Waals surface area contributed by atoms with E-state index in [1.54, 1.807) is 6.07 Å². The van der Waals surface area contributed by atoms with Crippen LogP contribution in [0.1, 0.15) is 5.76 Å². The molecule has 3 rings (SSSR count). The normalized spacial score (nSPS) is 11.6. The average molecular weight is 371 g/mol. The predicted molar refractivity (Wildman–Crippen MR) is 85.6 cm³/mol. The van der Waals surface area contributed by atoms with E-state index in [1.165, 1.54) is 43.5 Å². The van der Waals surface area contributed by atoms with E-state index >= 15 is 0 Å². The third-order valence-corrected chi connectivity index (χ3v) is 3.68. The van der Waals surface area contributed by atoms with Crippen LogP contribution in [0.4, 0.5) is 13.2 Å². The van der Waals surface area contributed by atoms with E-state index in [-0.39, 0.29) is 27.5 Å². The molecule has 0 radical (unpaired) electrons. The Morgan fingerprint density at radius 1 is 1.12 bits per heavy atom. The molecule has 0 unspecified atom stereocenters. The Kier molecular flexibility index (Phi) is 4.34. The molecular formula is C17H10ClF3O4. The van der Waals surface area contributed by atoms with Crippen molar-refractivity contribution in [1.29, 1.82) is 0 Å². The first-order valence-electron chi connectivity index (χ1n) is 6.95. The van der Waals surface area contributed by atoms with Crippen molar-refractivity contribution in [3.63, 3.8) is 0 Å². The lowest BCUT2D eigenvalue weighted by Crippen LogP contribution is -2.15. The second kappa shape index (κ2) is 6.33. The molecule has 0 saturated heterocycles. The molecule has 0 saturated carbocycles. The van der Waals surface area contributed by atoms with Crippen LogP contribution < -0.4 is 14.9 Å². The van der Waals surface area contributed by atoms with Crippen LogP contribution in [0, 0.1) is 0 Å². The van der Waals surface area contributed by atoms with E-state index in [2.05, 4.69) is 0 Å². The minimum atomic E-state index is -4.94. The molecule has 25 heavy (non-hydrogen) atoms. The SMILES string of the molecule is COc1ccc2c(=O)c(Oc3ccccc3Cl)c(C(F)(F)F)oc2c1. The Hall–Kier alpha value is -2.67. The van der Waals surface area contributed by atoms with Gasteiger partial charge in [0, 0.05) is 6.07 Å². The zero-order chi connectivity index (χ0) is 18.2. The molecule has 1 heterocycles. The second-order valence-electron chi connectivity index (χ2n) is 4.98. The minimum absolute atomic E-state index is 0.0600. The maximum Gasteiger partial charge on any atom is 0.453 e. The van der Waals surface area contributed by atoms with Gasteiger partial charge in [-0.2, -0.15) is 13.2 Å². The van der Waals surface area contributed by atoms with Crippen molar-refractivity contribution in [3.8, 4) is 17.2 Å². The van der Waals surface area contributed by atoms with Crippen LogP contribution in [0.15, 0.2) is 51.7 Å². The highest BCUT2D eigenvalue weighted by Gasteiger charge is 2.40. The number of para-hydroxylation sites is 1. The van der Waals surface area contributed by atoms with E-state index in [1.807, 2.05) is 0 Å². The van der Waals surface area contributed by atoms with Crippen LogP contribution >= 0.6 is 11.6 Å². The lowest BCUT2D eigenvalue weighted by Gasteiger charge is -2.14. The van der Waals surface area contributed by atoms with Crippen LogP contribution in [0.3, 0.4) is 0 Å². The van der Waals surface area contributed by atoms with E-state index in [0.717, 1.165) is 0 Å². The Balaban J connectivity index is 2.27. The smallest absolute Gasteiger partial charge is 0.453 e. The number of ether oxygens (including phenoxy) is 2. The zero-order valence-corrected chi connectivity index (χ0v) is 13.4. The summed E-state index contributed by atoms with van der Waals surface area (Å²) in [6.07, 6.45) is -4.94. The summed E-state index contributed by atoms with van der Waals surface area (Å²) in [5.41, 5.74) is -1.22. The fourth-order valence-electron chi connectivity index (χ4n) is 2.20. The summed E-state index contributed by atoms with van der Waals surface area (Å²) in [4.78, 5) is 12.5. The summed E-state index contributed by atoms with van der Waals surface area (Å²) in [6.45, 7) is 0. The number of halogens is 4. The van der Waals surface area contributed by atoms with Crippen molar-refractivity contribution in [1.82, 2.24) is 0 Å². The summed E-state index contributed by atoms with van der Waals surface area (Å²) in [6, 6.07) is 9.81. The van der Waals surface area contributed by atoms with Gasteiger partial charge in [0.1, 0.15) is 17.1 Å². The highest BCUT2D eigenvalue weighted by Crippen LogP contribution is 2.39. The molecule has 0 aliphatic heterocycles. The highest BCUT2D eigenvalue weighted by atomic mass is 35.5.